The summed E-state index contributed by atoms with van der Waals surface area (Å²) in [5.74, 6) is -0.579. The minimum Gasteiger partial charge on any atom is -0.481 e. The van der Waals surface area contributed by atoms with Gasteiger partial charge in [-0.05, 0) is 25.7 Å². The second-order valence-corrected chi connectivity index (χ2v) is 26.9. The smallest absolute Gasteiger partial charge is 0.309 e. The Bertz CT molecular complexity index is 1170. The number of aliphatic carboxylic acids is 1. The number of unbranched alkanes of at least 4 members (excludes halogenated alkanes) is 61. The molecule has 0 aromatic heterocycles. The van der Waals surface area contributed by atoms with Crippen LogP contribution in [0, 0.1) is 11.8 Å². The van der Waals surface area contributed by atoms with E-state index in [-0.39, 0.29) is 5.92 Å². The van der Waals surface area contributed by atoms with Gasteiger partial charge in [-0.15, -0.1) is 0 Å². The summed E-state index contributed by atoms with van der Waals surface area (Å²) in [7, 11) is 0. The van der Waals surface area contributed by atoms with Crippen molar-refractivity contribution in [3.05, 3.63) is 0 Å². The van der Waals surface area contributed by atoms with E-state index in [2.05, 4.69) is 20.8 Å². The van der Waals surface area contributed by atoms with Crippen LogP contribution in [0.3, 0.4) is 0 Å². The highest BCUT2D eigenvalue weighted by atomic mass is 16.4. The molecule has 0 aliphatic carbocycles. The molecule has 0 fully saturated rings. The Morgan fingerprint density at radius 3 is 0.637 bits per heavy atom. The van der Waals surface area contributed by atoms with Crippen molar-refractivity contribution in [1.29, 1.82) is 0 Å². The second-order valence-electron chi connectivity index (χ2n) is 26.9. The predicted octanol–water partition coefficient (Wildman–Crippen LogP) is 26.8. The maximum absolute atomic E-state index is 12.6. The fraction of sp³-hybridized carbons (Fsp3) is 0.974. The Kier molecular flexibility index (Phi) is 68.1. The van der Waals surface area contributed by atoms with E-state index in [1.165, 1.54) is 379 Å². The number of aliphatic hydroxyl groups is 1. The predicted molar refractivity (Wildman–Crippen MR) is 357 cm³/mol. The first kappa shape index (κ1) is 79.1. The van der Waals surface area contributed by atoms with Crippen molar-refractivity contribution in [3.8, 4) is 0 Å². The summed E-state index contributed by atoms with van der Waals surface area (Å²) in [6, 6.07) is 0. The molecular formula is C76H150O4. The molecule has 0 radical (unpaired) electrons. The normalized spacial score (nSPS) is 12.9. The number of carbonyl (C=O) groups is 2. The van der Waals surface area contributed by atoms with Crippen molar-refractivity contribution in [1.82, 2.24) is 0 Å². The molecular weight excluding hydrogens is 977 g/mol. The molecule has 0 aromatic rings. The first-order valence-corrected chi connectivity index (χ1v) is 37.9. The number of carboxylic acids is 1. The lowest BCUT2D eigenvalue weighted by atomic mass is 9.91. The van der Waals surface area contributed by atoms with Crippen LogP contribution in [0.5, 0.6) is 0 Å². The van der Waals surface area contributed by atoms with Gasteiger partial charge >= 0.3 is 5.97 Å². The minimum atomic E-state index is -0.802. The summed E-state index contributed by atoms with van der Waals surface area (Å²) in [6.45, 7) is 6.78. The first-order chi connectivity index (χ1) is 39.4. The fourth-order valence-corrected chi connectivity index (χ4v) is 13.0. The molecule has 0 bridgehead atoms. The Morgan fingerprint density at radius 1 is 0.250 bits per heavy atom. The van der Waals surface area contributed by atoms with Crippen LogP contribution >= 0.6 is 0 Å². The third-order valence-corrected chi connectivity index (χ3v) is 18.9. The standard InChI is InChI=1S/C76H150O4/c1-4-6-8-10-12-14-16-18-20-21-22-35-38-41-45-49-53-57-61-65-69-73(76(79)80)75(78)71-67-63-59-55-51-47-43-40-37-34-32-30-28-26-24-23-25-27-29-31-33-36-39-42-46-50-54-58-62-66-70-74(77)72(3)68-64-60-56-52-48-44-19-17-15-13-11-9-7-5-2/h72-73,75,78H,4-71H2,1-3H3,(H,79,80). The van der Waals surface area contributed by atoms with Gasteiger partial charge in [0.1, 0.15) is 5.78 Å². The topological polar surface area (TPSA) is 74.6 Å². The Labute approximate surface area is 504 Å². The van der Waals surface area contributed by atoms with Gasteiger partial charge in [0.05, 0.1) is 12.0 Å². The van der Waals surface area contributed by atoms with Gasteiger partial charge in [0.15, 0.2) is 0 Å². The number of aliphatic hydroxyl groups excluding tert-OH is 1. The van der Waals surface area contributed by atoms with E-state index < -0.39 is 18.0 Å². The molecule has 0 spiro atoms. The second kappa shape index (κ2) is 68.9. The highest BCUT2D eigenvalue weighted by Crippen LogP contribution is 2.24. The molecule has 0 aromatic carbocycles. The van der Waals surface area contributed by atoms with Gasteiger partial charge in [-0.25, -0.2) is 0 Å². The first-order valence-electron chi connectivity index (χ1n) is 37.9. The number of carboxylic acid groups (broad SMARTS) is 1. The zero-order chi connectivity index (χ0) is 58.0. The molecule has 0 saturated heterocycles. The van der Waals surface area contributed by atoms with Crippen molar-refractivity contribution in [3.63, 3.8) is 0 Å². The van der Waals surface area contributed by atoms with E-state index in [0.717, 1.165) is 44.9 Å². The van der Waals surface area contributed by atoms with Crippen molar-refractivity contribution < 1.29 is 19.8 Å². The molecule has 0 rings (SSSR count). The molecule has 80 heavy (non-hydrogen) atoms. The summed E-state index contributed by atoms with van der Waals surface area (Å²) in [5, 5.41) is 20.5. The molecule has 0 heterocycles. The Morgan fingerprint density at radius 2 is 0.425 bits per heavy atom. The summed E-state index contributed by atoms with van der Waals surface area (Å²) >= 11 is 0. The number of hydrogen-bond donors (Lipinski definition) is 2. The average Bonchev–Trinajstić information content (AvgIpc) is 3.45. The zero-order valence-corrected chi connectivity index (χ0v) is 55.5. The van der Waals surface area contributed by atoms with E-state index in [1.54, 1.807) is 0 Å². The lowest BCUT2D eigenvalue weighted by molar-refractivity contribution is -0.146. The van der Waals surface area contributed by atoms with E-state index >= 15 is 0 Å². The third kappa shape index (κ3) is 63.1. The zero-order valence-electron chi connectivity index (χ0n) is 55.5. The van der Waals surface area contributed by atoms with Gasteiger partial charge in [0.25, 0.3) is 0 Å². The van der Waals surface area contributed by atoms with Crippen molar-refractivity contribution in [2.75, 3.05) is 0 Å². The van der Waals surface area contributed by atoms with Gasteiger partial charge in [-0.2, -0.15) is 0 Å². The Balaban J connectivity index is 3.36. The van der Waals surface area contributed by atoms with Gasteiger partial charge in [-0.1, -0.05) is 425 Å². The number of carbonyl (C=O) groups excluding carboxylic acids is 1. The minimum absolute atomic E-state index is 0.280. The summed E-state index contributed by atoms with van der Waals surface area (Å²) in [6.07, 6.45) is 90.1. The lowest BCUT2D eigenvalue weighted by Crippen LogP contribution is -2.28. The van der Waals surface area contributed by atoms with Gasteiger partial charge in [0, 0.05) is 12.3 Å². The van der Waals surface area contributed by atoms with Crippen LogP contribution in [0.1, 0.15) is 457 Å². The van der Waals surface area contributed by atoms with E-state index in [9.17, 15) is 19.8 Å². The molecule has 0 aliphatic heterocycles. The van der Waals surface area contributed by atoms with E-state index in [0.29, 0.717) is 18.6 Å². The Hall–Kier alpha value is -0.900. The van der Waals surface area contributed by atoms with Crippen LogP contribution in [0.15, 0.2) is 0 Å². The quantitative estimate of drug-likeness (QED) is 0.0595. The van der Waals surface area contributed by atoms with Gasteiger partial charge < -0.3 is 10.2 Å². The molecule has 3 unspecified atom stereocenters. The number of Topliss-reactive ketones (excluding diaryl/α,β-unsaturated/α-hetero) is 1. The highest BCUT2D eigenvalue weighted by molar-refractivity contribution is 5.80. The molecule has 2 N–H and O–H groups in total. The van der Waals surface area contributed by atoms with Crippen molar-refractivity contribution in [2.45, 2.75) is 463 Å². The average molecular weight is 1130 g/mol. The molecule has 0 amide bonds. The van der Waals surface area contributed by atoms with Crippen molar-refractivity contribution in [2.24, 2.45) is 11.8 Å². The molecule has 4 nitrogen and oxygen atoms in total. The van der Waals surface area contributed by atoms with E-state index in [1.807, 2.05) is 0 Å². The molecule has 0 saturated carbocycles. The van der Waals surface area contributed by atoms with Crippen LogP contribution in [-0.2, 0) is 9.59 Å². The highest BCUT2D eigenvalue weighted by Gasteiger charge is 2.25. The summed E-state index contributed by atoms with van der Waals surface area (Å²) in [4.78, 5) is 24.6. The fourth-order valence-electron chi connectivity index (χ4n) is 13.0. The van der Waals surface area contributed by atoms with Crippen LogP contribution in [0.4, 0.5) is 0 Å². The van der Waals surface area contributed by atoms with Crippen LogP contribution < -0.4 is 0 Å². The maximum atomic E-state index is 12.6. The SMILES string of the molecule is CCCCCCCCCCCCCCCCCCCCCCC(C(=O)O)C(O)CCCCCCCCCCCCCCCCCCCCCCCCCCCCCCCCC(=O)C(C)CCCCCCCCCCCCCCCC. The maximum Gasteiger partial charge on any atom is 0.309 e. The van der Waals surface area contributed by atoms with Crippen LogP contribution in [0.25, 0.3) is 0 Å². The van der Waals surface area contributed by atoms with Gasteiger partial charge in [0.2, 0.25) is 0 Å². The summed E-state index contributed by atoms with van der Waals surface area (Å²) in [5.41, 5.74) is 0. The third-order valence-electron chi connectivity index (χ3n) is 18.9. The molecule has 478 valence electrons. The molecule has 4 heteroatoms. The number of hydrogen-bond acceptors (Lipinski definition) is 3. The van der Waals surface area contributed by atoms with Gasteiger partial charge in [-0.3, -0.25) is 9.59 Å². The lowest BCUT2D eigenvalue weighted by Gasteiger charge is -2.19. The van der Waals surface area contributed by atoms with Crippen LogP contribution in [0.2, 0.25) is 0 Å². The molecule has 0 aliphatic rings. The largest absolute Gasteiger partial charge is 0.481 e. The molecule has 3 atom stereocenters. The van der Waals surface area contributed by atoms with Crippen LogP contribution in [-0.4, -0.2) is 28.1 Å². The van der Waals surface area contributed by atoms with E-state index in [4.69, 9.17) is 0 Å². The number of rotatable bonds is 72. The monoisotopic (exact) mass is 1130 g/mol. The van der Waals surface area contributed by atoms with Crippen molar-refractivity contribution >= 4 is 11.8 Å². The number of ketones is 1. The summed E-state index contributed by atoms with van der Waals surface area (Å²) < 4.78 is 0.